The van der Waals surface area contributed by atoms with Crippen molar-refractivity contribution in [3.05, 3.63) is 35.4 Å². The predicted octanol–water partition coefficient (Wildman–Crippen LogP) is 5.25. The summed E-state index contributed by atoms with van der Waals surface area (Å²) in [7, 11) is 0. The van der Waals surface area contributed by atoms with Crippen molar-refractivity contribution in [1.82, 2.24) is 0 Å². The van der Waals surface area contributed by atoms with E-state index >= 15 is 0 Å². The van der Waals surface area contributed by atoms with Gasteiger partial charge in [0.05, 0.1) is 6.10 Å². The monoisotopic (exact) mass is 322 g/mol. The first kappa shape index (κ1) is 16.9. The second kappa shape index (κ2) is 7.74. The van der Waals surface area contributed by atoms with Crippen LogP contribution in [0.25, 0.3) is 0 Å². The molecule has 3 rings (SSSR count). The largest absolute Gasteiger partial charge is 0.393 e. The van der Waals surface area contributed by atoms with Gasteiger partial charge in [0.25, 0.3) is 0 Å². The van der Waals surface area contributed by atoms with Crippen molar-refractivity contribution < 1.29 is 13.9 Å². The molecular weight excluding hydrogens is 294 g/mol. The number of aliphatic hydroxyl groups is 1. The lowest BCUT2D eigenvalue weighted by Crippen LogP contribution is -2.23. The summed E-state index contributed by atoms with van der Waals surface area (Å²) in [6.45, 7) is 0. The lowest BCUT2D eigenvalue weighted by Gasteiger charge is -2.33. The molecule has 2 aliphatic carbocycles. The van der Waals surface area contributed by atoms with Crippen molar-refractivity contribution in [2.45, 2.75) is 70.3 Å². The standard InChI is InChI=1S/C20H28F2O/c21-18-11-17(12-19(22)13-18)10-15-3-1-14(2-4-15)9-16-5-7-20(23)8-6-16/h11-16,20,23H,1-10H2. The van der Waals surface area contributed by atoms with Crippen LogP contribution >= 0.6 is 0 Å². The van der Waals surface area contributed by atoms with E-state index in [1.54, 1.807) is 0 Å². The molecule has 0 bridgehead atoms. The Kier molecular flexibility index (Phi) is 5.68. The lowest BCUT2D eigenvalue weighted by molar-refractivity contribution is 0.0968. The fourth-order valence-electron chi connectivity index (χ4n) is 4.59. The average Bonchev–Trinajstić information content (AvgIpc) is 2.50. The maximum absolute atomic E-state index is 13.3. The summed E-state index contributed by atoms with van der Waals surface area (Å²) in [6, 6.07) is 3.90. The van der Waals surface area contributed by atoms with Crippen LogP contribution in [0.15, 0.2) is 18.2 Å². The summed E-state index contributed by atoms with van der Waals surface area (Å²) in [4.78, 5) is 0. The molecule has 2 aliphatic rings. The molecule has 0 saturated heterocycles. The highest BCUT2D eigenvalue weighted by atomic mass is 19.1. The van der Waals surface area contributed by atoms with Crippen LogP contribution in [0.4, 0.5) is 8.78 Å². The lowest BCUT2D eigenvalue weighted by atomic mass is 9.73. The molecule has 0 amide bonds. The van der Waals surface area contributed by atoms with Gasteiger partial charge in [-0.1, -0.05) is 12.8 Å². The average molecular weight is 322 g/mol. The summed E-state index contributed by atoms with van der Waals surface area (Å²) >= 11 is 0. The highest BCUT2D eigenvalue weighted by Gasteiger charge is 2.26. The van der Waals surface area contributed by atoms with Crippen molar-refractivity contribution in [1.29, 1.82) is 0 Å². The topological polar surface area (TPSA) is 20.2 Å². The first-order valence-electron chi connectivity index (χ1n) is 9.21. The molecule has 1 aromatic carbocycles. The van der Waals surface area contributed by atoms with E-state index in [0.29, 0.717) is 5.92 Å². The molecule has 1 aromatic rings. The van der Waals surface area contributed by atoms with Crippen LogP contribution < -0.4 is 0 Å². The fraction of sp³-hybridized carbons (Fsp3) is 0.700. The van der Waals surface area contributed by atoms with E-state index in [1.807, 2.05) is 0 Å². The molecule has 0 atom stereocenters. The first-order valence-corrected chi connectivity index (χ1v) is 9.21. The Morgan fingerprint density at radius 3 is 1.78 bits per heavy atom. The molecule has 1 nitrogen and oxygen atoms in total. The number of benzene rings is 1. The third-order valence-corrected chi connectivity index (χ3v) is 5.90. The zero-order valence-corrected chi connectivity index (χ0v) is 13.8. The van der Waals surface area contributed by atoms with Gasteiger partial charge in [-0.15, -0.1) is 0 Å². The summed E-state index contributed by atoms with van der Waals surface area (Å²) < 4.78 is 26.5. The fourth-order valence-corrected chi connectivity index (χ4v) is 4.59. The normalized spacial score (nSPS) is 32.0. The van der Waals surface area contributed by atoms with E-state index in [1.165, 1.54) is 57.1 Å². The van der Waals surface area contributed by atoms with Crippen LogP contribution in [-0.4, -0.2) is 11.2 Å². The van der Waals surface area contributed by atoms with Gasteiger partial charge in [0.1, 0.15) is 11.6 Å². The Labute approximate surface area is 138 Å². The number of hydrogen-bond donors (Lipinski definition) is 1. The minimum Gasteiger partial charge on any atom is -0.393 e. The zero-order chi connectivity index (χ0) is 16.2. The van der Waals surface area contributed by atoms with Crippen molar-refractivity contribution in [2.24, 2.45) is 17.8 Å². The second-order valence-corrected chi connectivity index (χ2v) is 7.78. The first-order chi connectivity index (χ1) is 11.1. The molecule has 0 spiro atoms. The maximum Gasteiger partial charge on any atom is 0.126 e. The Balaban J connectivity index is 1.43. The van der Waals surface area contributed by atoms with Crippen LogP contribution in [0, 0.1) is 29.4 Å². The quantitative estimate of drug-likeness (QED) is 0.802. The molecule has 3 heteroatoms. The Bertz CT molecular complexity index is 480. The summed E-state index contributed by atoms with van der Waals surface area (Å²) in [6.07, 6.45) is 11.2. The van der Waals surface area contributed by atoms with Gasteiger partial charge in [0, 0.05) is 6.07 Å². The number of halogens is 2. The predicted molar refractivity (Wildman–Crippen MR) is 88.1 cm³/mol. The van der Waals surface area contributed by atoms with Crippen molar-refractivity contribution in [3.63, 3.8) is 0 Å². The summed E-state index contributed by atoms with van der Waals surface area (Å²) in [5.74, 6) is 1.26. The summed E-state index contributed by atoms with van der Waals surface area (Å²) in [5.41, 5.74) is 0.798. The highest BCUT2D eigenvalue weighted by molar-refractivity contribution is 5.18. The summed E-state index contributed by atoms with van der Waals surface area (Å²) in [5, 5.41) is 9.59. The zero-order valence-electron chi connectivity index (χ0n) is 13.8. The highest BCUT2D eigenvalue weighted by Crippen LogP contribution is 2.38. The van der Waals surface area contributed by atoms with Gasteiger partial charge in [-0.2, -0.15) is 0 Å². The van der Waals surface area contributed by atoms with Crippen LogP contribution in [-0.2, 0) is 6.42 Å². The Hall–Kier alpha value is -0.960. The SMILES string of the molecule is OC1CCC(CC2CCC(Cc3cc(F)cc(F)c3)CC2)CC1. The van der Waals surface area contributed by atoms with Gasteiger partial charge < -0.3 is 5.11 Å². The molecule has 128 valence electrons. The van der Waals surface area contributed by atoms with E-state index in [4.69, 9.17) is 0 Å². The number of aliphatic hydroxyl groups excluding tert-OH is 1. The van der Waals surface area contributed by atoms with E-state index < -0.39 is 11.6 Å². The molecule has 23 heavy (non-hydrogen) atoms. The number of hydrogen-bond acceptors (Lipinski definition) is 1. The van der Waals surface area contributed by atoms with Gasteiger partial charge in [-0.05, 0) is 86.8 Å². The maximum atomic E-state index is 13.3. The molecule has 2 fully saturated rings. The molecule has 0 unspecified atom stereocenters. The van der Waals surface area contributed by atoms with Crippen molar-refractivity contribution in [2.75, 3.05) is 0 Å². The molecular formula is C20H28F2O. The molecule has 0 aromatic heterocycles. The van der Waals surface area contributed by atoms with Crippen LogP contribution in [0.1, 0.15) is 63.4 Å². The van der Waals surface area contributed by atoms with Gasteiger partial charge in [0.15, 0.2) is 0 Å². The van der Waals surface area contributed by atoms with E-state index in [9.17, 15) is 13.9 Å². The van der Waals surface area contributed by atoms with Crippen LogP contribution in [0.5, 0.6) is 0 Å². The molecule has 1 N–H and O–H groups in total. The Morgan fingerprint density at radius 1 is 0.739 bits per heavy atom. The second-order valence-electron chi connectivity index (χ2n) is 7.78. The molecule has 0 aliphatic heterocycles. The van der Waals surface area contributed by atoms with E-state index in [2.05, 4.69) is 0 Å². The van der Waals surface area contributed by atoms with Gasteiger partial charge in [0.2, 0.25) is 0 Å². The van der Waals surface area contributed by atoms with Crippen molar-refractivity contribution in [3.8, 4) is 0 Å². The molecule has 0 heterocycles. The molecule has 2 saturated carbocycles. The van der Waals surface area contributed by atoms with Gasteiger partial charge in [-0.25, -0.2) is 8.78 Å². The van der Waals surface area contributed by atoms with Gasteiger partial charge in [-0.3, -0.25) is 0 Å². The van der Waals surface area contributed by atoms with Crippen molar-refractivity contribution >= 4 is 0 Å². The minimum absolute atomic E-state index is 0.0614. The third kappa shape index (κ3) is 5.00. The third-order valence-electron chi connectivity index (χ3n) is 5.90. The van der Waals surface area contributed by atoms with E-state index in [0.717, 1.165) is 42.7 Å². The number of rotatable bonds is 4. The van der Waals surface area contributed by atoms with Gasteiger partial charge >= 0.3 is 0 Å². The minimum atomic E-state index is -0.465. The molecule has 0 radical (unpaired) electrons. The van der Waals surface area contributed by atoms with Crippen LogP contribution in [0.3, 0.4) is 0 Å². The Morgan fingerprint density at radius 2 is 1.22 bits per heavy atom. The smallest absolute Gasteiger partial charge is 0.126 e. The van der Waals surface area contributed by atoms with Crippen LogP contribution in [0.2, 0.25) is 0 Å². The van der Waals surface area contributed by atoms with E-state index in [-0.39, 0.29) is 6.10 Å².